The van der Waals surface area contributed by atoms with Crippen LogP contribution in [0.4, 0.5) is 5.69 Å². The first-order valence-corrected chi connectivity index (χ1v) is 14.7. The van der Waals surface area contributed by atoms with E-state index >= 15 is 0 Å². The summed E-state index contributed by atoms with van der Waals surface area (Å²) in [5.74, 6) is -1.41. The fourth-order valence-electron chi connectivity index (χ4n) is 6.90. The quantitative estimate of drug-likeness (QED) is 0.351. The highest BCUT2D eigenvalue weighted by atomic mass is 35.5. The Morgan fingerprint density at radius 3 is 2.77 bits per heavy atom. The Morgan fingerprint density at radius 1 is 1.23 bits per heavy atom. The Kier molecular flexibility index (Phi) is 8.09. The van der Waals surface area contributed by atoms with Gasteiger partial charge in [-0.2, -0.15) is 0 Å². The van der Waals surface area contributed by atoms with Crippen LogP contribution in [0.2, 0.25) is 5.02 Å². The number of nitrogens with one attached hydrogen (secondary N) is 2. The number of hydrogen-bond donors (Lipinski definition) is 2. The lowest BCUT2D eigenvalue weighted by molar-refractivity contribution is -0.142. The molecule has 1 spiro atoms. The van der Waals surface area contributed by atoms with Gasteiger partial charge in [0.25, 0.3) is 0 Å². The minimum Gasteiger partial charge on any atom is -0.379 e. The molecule has 0 unspecified atom stereocenters. The third-order valence-corrected chi connectivity index (χ3v) is 9.28. The molecule has 8 nitrogen and oxygen atoms in total. The van der Waals surface area contributed by atoms with Gasteiger partial charge in [0.15, 0.2) is 0 Å². The molecule has 2 bridgehead atoms. The Morgan fingerprint density at radius 2 is 2.03 bits per heavy atom. The van der Waals surface area contributed by atoms with E-state index in [-0.39, 0.29) is 29.9 Å². The summed E-state index contributed by atoms with van der Waals surface area (Å²) in [4.78, 5) is 43.2. The molecule has 212 valence electrons. The smallest absolute Gasteiger partial charge is 0.246 e. The fourth-order valence-corrected chi connectivity index (χ4v) is 7.09. The first-order valence-electron chi connectivity index (χ1n) is 14.3. The average molecular weight is 558 g/mol. The standard InChI is InChI=1S/C30H40ClN3O5/c1-17(2)38-15-7-14-34-26(28(36)33-22-11-5-8-18(3)19(22)4)30-13-12-23(39-30)24(25(30)29(34)37)27(35)32-21-10-6-9-20(31)16-21/h6,9-10,12-13,16-19,22-26H,5,7-8,11,14-15H2,1-4H3,(H,32,35)(H,33,36)/t18-,19+,22-,23+,24-,25+,26+,30+/m1/s1. The van der Waals surface area contributed by atoms with Crippen LogP contribution in [0.5, 0.6) is 0 Å². The molecule has 1 saturated carbocycles. The lowest BCUT2D eigenvalue weighted by Crippen LogP contribution is -2.58. The van der Waals surface area contributed by atoms with E-state index in [9.17, 15) is 14.4 Å². The highest BCUT2D eigenvalue weighted by molar-refractivity contribution is 6.30. The molecule has 1 aliphatic carbocycles. The molecule has 3 fully saturated rings. The second kappa shape index (κ2) is 11.2. The van der Waals surface area contributed by atoms with Gasteiger partial charge in [-0.05, 0) is 56.7 Å². The third kappa shape index (κ3) is 5.23. The molecule has 1 aromatic rings. The number of amides is 3. The van der Waals surface area contributed by atoms with E-state index in [1.165, 1.54) is 0 Å². The minimum absolute atomic E-state index is 0.0439. The number of benzene rings is 1. The second-order valence-corrected chi connectivity index (χ2v) is 12.3. The number of ether oxygens (including phenoxy) is 2. The van der Waals surface area contributed by atoms with Crippen molar-refractivity contribution >= 4 is 35.0 Å². The molecule has 2 saturated heterocycles. The summed E-state index contributed by atoms with van der Waals surface area (Å²) in [5.41, 5.74) is -0.624. The van der Waals surface area contributed by atoms with Gasteiger partial charge in [-0.3, -0.25) is 14.4 Å². The maximum atomic E-state index is 14.0. The van der Waals surface area contributed by atoms with Crippen molar-refractivity contribution in [2.75, 3.05) is 18.5 Å². The zero-order valence-electron chi connectivity index (χ0n) is 23.2. The third-order valence-electron chi connectivity index (χ3n) is 9.05. The van der Waals surface area contributed by atoms with E-state index in [2.05, 4.69) is 24.5 Å². The molecule has 0 radical (unpaired) electrons. The molecule has 0 aromatic heterocycles. The highest BCUT2D eigenvalue weighted by Gasteiger charge is 2.72. The van der Waals surface area contributed by atoms with Crippen LogP contribution in [0.3, 0.4) is 0 Å². The molecule has 2 N–H and O–H groups in total. The number of fused-ring (bicyclic) bond motifs is 1. The maximum Gasteiger partial charge on any atom is 0.246 e. The molecular formula is C30H40ClN3O5. The lowest BCUT2D eigenvalue weighted by Gasteiger charge is -2.38. The largest absolute Gasteiger partial charge is 0.379 e. The molecule has 9 heteroatoms. The fraction of sp³-hybridized carbons (Fsp3) is 0.633. The molecule has 8 atom stereocenters. The maximum absolute atomic E-state index is 14.0. The van der Waals surface area contributed by atoms with Crippen LogP contribution < -0.4 is 10.6 Å². The van der Waals surface area contributed by atoms with Crippen molar-refractivity contribution in [3.05, 3.63) is 41.4 Å². The molecule has 1 aromatic carbocycles. The zero-order chi connectivity index (χ0) is 27.9. The summed E-state index contributed by atoms with van der Waals surface area (Å²) in [5, 5.41) is 6.70. The number of likely N-dealkylation sites (tertiary alicyclic amines) is 1. The van der Waals surface area contributed by atoms with Gasteiger partial charge in [0, 0.05) is 29.9 Å². The first-order chi connectivity index (χ1) is 18.6. The van der Waals surface area contributed by atoms with E-state index in [0.717, 1.165) is 19.3 Å². The van der Waals surface area contributed by atoms with E-state index in [1.807, 2.05) is 26.0 Å². The van der Waals surface area contributed by atoms with Crippen molar-refractivity contribution < 1.29 is 23.9 Å². The molecule has 3 amide bonds. The Labute approximate surface area is 235 Å². The van der Waals surface area contributed by atoms with E-state index in [1.54, 1.807) is 29.2 Å². The summed E-state index contributed by atoms with van der Waals surface area (Å²) >= 11 is 6.11. The predicted octanol–water partition coefficient (Wildman–Crippen LogP) is 4.19. The van der Waals surface area contributed by atoms with Gasteiger partial charge >= 0.3 is 0 Å². The average Bonchev–Trinajstić information content (AvgIpc) is 3.52. The molecule has 3 aliphatic heterocycles. The topological polar surface area (TPSA) is 97.0 Å². The van der Waals surface area contributed by atoms with Crippen molar-refractivity contribution in [2.45, 2.75) is 83.3 Å². The lowest BCUT2D eigenvalue weighted by atomic mass is 9.73. The van der Waals surface area contributed by atoms with Gasteiger partial charge < -0.3 is 25.0 Å². The molecule has 3 heterocycles. The number of hydrogen-bond acceptors (Lipinski definition) is 5. The van der Waals surface area contributed by atoms with Crippen molar-refractivity contribution in [1.82, 2.24) is 10.2 Å². The zero-order valence-corrected chi connectivity index (χ0v) is 23.9. The normalized spacial score (nSPS) is 35.0. The molecular weight excluding hydrogens is 518 g/mol. The number of carbonyl (C=O) groups is 3. The van der Waals surface area contributed by atoms with Crippen LogP contribution in [0.15, 0.2) is 36.4 Å². The summed E-state index contributed by atoms with van der Waals surface area (Å²) in [6, 6.07) is 6.11. The monoisotopic (exact) mass is 557 g/mol. The molecule has 5 rings (SSSR count). The number of carbonyl (C=O) groups excluding carboxylic acids is 3. The van der Waals surface area contributed by atoms with Crippen LogP contribution in [0.25, 0.3) is 0 Å². The Hall–Kier alpha value is -2.42. The summed E-state index contributed by atoms with van der Waals surface area (Å²) < 4.78 is 12.2. The van der Waals surface area contributed by atoms with Crippen LogP contribution in [-0.4, -0.2) is 65.7 Å². The van der Waals surface area contributed by atoms with Crippen LogP contribution in [-0.2, 0) is 23.9 Å². The van der Waals surface area contributed by atoms with Crippen LogP contribution in [0, 0.1) is 23.7 Å². The Balaban J connectivity index is 1.41. The van der Waals surface area contributed by atoms with Gasteiger partial charge in [0.2, 0.25) is 17.7 Å². The summed E-state index contributed by atoms with van der Waals surface area (Å²) in [6.07, 6.45) is 6.91. The number of nitrogens with zero attached hydrogens (tertiary/aromatic N) is 1. The van der Waals surface area contributed by atoms with Gasteiger partial charge in [-0.15, -0.1) is 0 Å². The van der Waals surface area contributed by atoms with Crippen molar-refractivity contribution in [3.8, 4) is 0 Å². The second-order valence-electron chi connectivity index (χ2n) is 11.9. The molecule has 39 heavy (non-hydrogen) atoms. The SMILES string of the molecule is CC(C)OCCCN1C(=O)[C@@H]2[C@H](C(=O)Nc3cccc(Cl)c3)[C@@H]3C=C[C@@]2(O3)[C@@H]1C(=O)N[C@@H]1CCC[C@@H](C)[C@@H]1C. The van der Waals surface area contributed by atoms with Crippen molar-refractivity contribution in [2.24, 2.45) is 23.7 Å². The van der Waals surface area contributed by atoms with E-state index in [0.29, 0.717) is 42.1 Å². The van der Waals surface area contributed by atoms with Crippen LogP contribution in [0.1, 0.15) is 53.4 Å². The van der Waals surface area contributed by atoms with Gasteiger partial charge in [0.1, 0.15) is 11.6 Å². The van der Waals surface area contributed by atoms with Crippen molar-refractivity contribution in [1.29, 1.82) is 0 Å². The number of rotatable bonds is 9. The van der Waals surface area contributed by atoms with Gasteiger partial charge in [-0.25, -0.2) is 0 Å². The summed E-state index contributed by atoms with van der Waals surface area (Å²) in [6.45, 7) is 9.17. The number of halogens is 1. The predicted molar refractivity (Wildman–Crippen MR) is 149 cm³/mol. The van der Waals surface area contributed by atoms with E-state index < -0.39 is 29.6 Å². The van der Waals surface area contributed by atoms with Crippen molar-refractivity contribution in [3.63, 3.8) is 0 Å². The Bertz CT molecular complexity index is 1140. The highest BCUT2D eigenvalue weighted by Crippen LogP contribution is 2.55. The van der Waals surface area contributed by atoms with Gasteiger partial charge in [-0.1, -0.05) is 56.5 Å². The summed E-state index contributed by atoms with van der Waals surface area (Å²) in [7, 11) is 0. The molecule has 4 aliphatic rings. The van der Waals surface area contributed by atoms with Crippen LogP contribution >= 0.6 is 11.6 Å². The van der Waals surface area contributed by atoms with E-state index in [4.69, 9.17) is 21.1 Å². The van der Waals surface area contributed by atoms with Gasteiger partial charge in [0.05, 0.1) is 24.0 Å². The minimum atomic E-state index is -1.18. The number of anilines is 1. The first kappa shape index (κ1) is 28.1.